The molecule has 4 nitrogen and oxygen atoms in total. The van der Waals surface area contributed by atoms with Crippen LogP contribution in [0.5, 0.6) is 5.75 Å². The van der Waals surface area contributed by atoms with Gasteiger partial charge >= 0.3 is 0 Å². The molecule has 0 radical (unpaired) electrons. The minimum atomic E-state index is -0.549. The quantitative estimate of drug-likeness (QED) is 0.624. The van der Waals surface area contributed by atoms with Crippen molar-refractivity contribution in [3.63, 3.8) is 0 Å². The van der Waals surface area contributed by atoms with E-state index in [0.29, 0.717) is 30.4 Å². The van der Waals surface area contributed by atoms with Crippen LogP contribution in [0.15, 0.2) is 12.1 Å². The fourth-order valence-electron chi connectivity index (χ4n) is 2.24. The van der Waals surface area contributed by atoms with E-state index in [1.807, 2.05) is 0 Å². The van der Waals surface area contributed by atoms with Crippen molar-refractivity contribution in [1.29, 1.82) is 0 Å². The Kier molecular flexibility index (Phi) is 5.79. The summed E-state index contributed by atoms with van der Waals surface area (Å²) in [5.41, 5.74) is 2.21. The summed E-state index contributed by atoms with van der Waals surface area (Å²) in [6.45, 7) is 5.03. The summed E-state index contributed by atoms with van der Waals surface area (Å²) >= 11 is 0. The largest absolute Gasteiger partial charge is 0.507 e. The lowest BCUT2D eigenvalue weighted by molar-refractivity contribution is 0.190. The summed E-state index contributed by atoms with van der Waals surface area (Å²) in [5, 5.41) is 38.6. The predicted octanol–water partition coefficient (Wildman–Crippen LogP) is 1.16. The molecule has 0 aromatic heterocycles. The van der Waals surface area contributed by atoms with Crippen LogP contribution in [0, 0.1) is 0 Å². The minimum Gasteiger partial charge on any atom is -0.507 e. The molecule has 19 heavy (non-hydrogen) atoms. The molecule has 0 spiro atoms. The van der Waals surface area contributed by atoms with Crippen molar-refractivity contribution in [2.75, 3.05) is 0 Å². The van der Waals surface area contributed by atoms with Crippen LogP contribution < -0.4 is 0 Å². The number of aliphatic hydroxyl groups excluding tert-OH is 3. The molecular weight excluding hydrogens is 244 g/mol. The second-order valence-electron chi connectivity index (χ2n) is 5.42. The van der Waals surface area contributed by atoms with Crippen molar-refractivity contribution in [3.8, 4) is 5.75 Å². The summed E-state index contributed by atoms with van der Waals surface area (Å²) in [6, 6.07) is 3.61. The molecule has 1 aromatic carbocycles. The molecule has 3 unspecified atom stereocenters. The number of phenols is 1. The normalized spacial score (nSPS) is 16.1. The molecule has 1 rings (SSSR count). The summed E-state index contributed by atoms with van der Waals surface area (Å²) in [7, 11) is 0. The lowest BCUT2D eigenvalue weighted by atomic mass is 9.95. The third-order valence-corrected chi connectivity index (χ3v) is 2.89. The van der Waals surface area contributed by atoms with Gasteiger partial charge in [0.1, 0.15) is 5.75 Å². The standard InChI is InChI=1S/C15H24O4/c1-9(16)4-12-7-13(5-10(2)17)15(19)14(8-12)6-11(3)18/h7-11,16-19H,4-6H2,1-3H3. The maximum atomic E-state index is 10.2. The monoisotopic (exact) mass is 268 g/mol. The summed E-state index contributed by atoms with van der Waals surface area (Å²) < 4.78 is 0. The molecule has 0 saturated carbocycles. The van der Waals surface area contributed by atoms with Gasteiger partial charge in [-0.3, -0.25) is 0 Å². The van der Waals surface area contributed by atoms with Crippen LogP contribution in [-0.2, 0) is 19.3 Å². The second-order valence-corrected chi connectivity index (χ2v) is 5.42. The van der Waals surface area contributed by atoms with E-state index in [4.69, 9.17) is 0 Å². The predicted molar refractivity (Wildman–Crippen MR) is 74.3 cm³/mol. The maximum Gasteiger partial charge on any atom is 0.122 e. The highest BCUT2D eigenvalue weighted by atomic mass is 16.3. The van der Waals surface area contributed by atoms with Crippen LogP contribution in [0.4, 0.5) is 0 Å². The molecule has 1 aromatic rings. The zero-order valence-corrected chi connectivity index (χ0v) is 11.8. The molecule has 0 amide bonds. The summed E-state index contributed by atoms with van der Waals surface area (Å²) in [6.07, 6.45) is -0.374. The lowest BCUT2D eigenvalue weighted by Crippen LogP contribution is -2.11. The first-order chi connectivity index (χ1) is 8.79. The van der Waals surface area contributed by atoms with E-state index < -0.39 is 18.3 Å². The average molecular weight is 268 g/mol. The van der Waals surface area contributed by atoms with E-state index in [1.165, 1.54) is 0 Å². The highest BCUT2D eigenvalue weighted by Gasteiger charge is 2.14. The van der Waals surface area contributed by atoms with Gasteiger partial charge in [0.25, 0.3) is 0 Å². The van der Waals surface area contributed by atoms with E-state index in [9.17, 15) is 20.4 Å². The topological polar surface area (TPSA) is 80.9 Å². The number of rotatable bonds is 6. The van der Waals surface area contributed by atoms with Gasteiger partial charge in [0, 0.05) is 12.8 Å². The van der Waals surface area contributed by atoms with Gasteiger partial charge in [0.15, 0.2) is 0 Å². The first kappa shape index (κ1) is 16.0. The van der Waals surface area contributed by atoms with Crippen molar-refractivity contribution in [2.45, 2.75) is 58.3 Å². The van der Waals surface area contributed by atoms with Gasteiger partial charge in [-0.15, -0.1) is 0 Å². The van der Waals surface area contributed by atoms with Gasteiger partial charge in [-0.1, -0.05) is 12.1 Å². The molecule has 0 fully saturated rings. The highest BCUT2D eigenvalue weighted by molar-refractivity contribution is 5.44. The molecule has 0 saturated heterocycles. The Morgan fingerprint density at radius 2 is 1.16 bits per heavy atom. The van der Waals surface area contributed by atoms with Gasteiger partial charge < -0.3 is 20.4 Å². The Bertz CT molecular complexity index is 380. The average Bonchev–Trinajstić information content (AvgIpc) is 2.22. The Balaban J connectivity index is 3.13. The van der Waals surface area contributed by atoms with Gasteiger partial charge in [-0.2, -0.15) is 0 Å². The molecule has 108 valence electrons. The van der Waals surface area contributed by atoms with Crippen LogP contribution in [-0.4, -0.2) is 38.7 Å². The van der Waals surface area contributed by atoms with Crippen LogP contribution in [0.3, 0.4) is 0 Å². The minimum absolute atomic E-state index is 0.135. The smallest absolute Gasteiger partial charge is 0.122 e. The first-order valence-electron chi connectivity index (χ1n) is 6.67. The van der Waals surface area contributed by atoms with Gasteiger partial charge in [0.05, 0.1) is 18.3 Å². The molecule has 0 aliphatic heterocycles. The van der Waals surface area contributed by atoms with Crippen molar-refractivity contribution in [2.24, 2.45) is 0 Å². The fourth-order valence-corrected chi connectivity index (χ4v) is 2.24. The Labute approximate surface area is 114 Å². The highest BCUT2D eigenvalue weighted by Crippen LogP contribution is 2.28. The van der Waals surface area contributed by atoms with E-state index in [1.54, 1.807) is 32.9 Å². The van der Waals surface area contributed by atoms with Crippen molar-refractivity contribution in [1.82, 2.24) is 0 Å². The molecule has 0 bridgehead atoms. The molecular formula is C15H24O4. The third kappa shape index (κ3) is 5.19. The molecule has 0 aliphatic rings. The zero-order valence-electron chi connectivity index (χ0n) is 11.8. The first-order valence-corrected chi connectivity index (χ1v) is 6.67. The van der Waals surface area contributed by atoms with E-state index in [-0.39, 0.29) is 5.75 Å². The lowest BCUT2D eigenvalue weighted by Gasteiger charge is -2.16. The Morgan fingerprint density at radius 3 is 1.47 bits per heavy atom. The van der Waals surface area contributed by atoms with Gasteiger partial charge in [0.2, 0.25) is 0 Å². The number of hydrogen-bond donors (Lipinski definition) is 4. The van der Waals surface area contributed by atoms with Crippen molar-refractivity contribution < 1.29 is 20.4 Å². The van der Waals surface area contributed by atoms with E-state index in [0.717, 1.165) is 5.56 Å². The van der Waals surface area contributed by atoms with Gasteiger partial charge in [-0.25, -0.2) is 0 Å². The Hall–Kier alpha value is -1.10. The van der Waals surface area contributed by atoms with Crippen molar-refractivity contribution in [3.05, 3.63) is 28.8 Å². The van der Waals surface area contributed by atoms with Crippen molar-refractivity contribution >= 4 is 0 Å². The van der Waals surface area contributed by atoms with Crippen LogP contribution >= 0.6 is 0 Å². The Morgan fingerprint density at radius 1 is 0.789 bits per heavy atom. The maximum absolute atomic E-state index is 10.2. The van der Waals surface area contributed by atoms with E-state index >= 15 is 0 Å². The number of phenolic OH excluding ortho intramolecular Hbond substituents is 1. The van der Waals surface area contributed by atoms with Crippen LogP contribution in [0.1, 0.15) is 37.5 Å². The van der Waals surface area contributed by atoms with E-state index in [2.05, 4.69) is 0 Å². The fraction of sp³-hybridized carbons (Fsp3) is 0.600. The van der Waals surface area contributed by atoms with Crippen LogP contribution in [0.25, 0.3) is 0 Å². The zero-order chi connectivity index (χ0) is 14.6. The molecule has 3 atom stereocenters. The number of hydrogen-bond acceptors (Lipinski definition) is 4. The second kappa shape index (κ2) is 6.89. The number of benzene rings is 1. The summed E-state index contributed by atoms with van der Waals surface area (Å²) in [4.78, 5) is 0. The molecule has 0 aliphatic carbocycles. The molecule has 4 N–H and O–H groups in total. The molecule has 4 heteroatoms. The third-order valence-electron chi connectivity index (χ3n) is 2.89. The van der Waals surface area contributed by atoms with Gasteiger partial charge in [-0.05, 0) is 43.9 Å². The number of aromatic hydroxyl groups is 1. The SMILES string of the molecule is CC(O)Cc1cc(CC(C)O)c(O)c(CC(C)O)c1. The number of aliphatic hydroxyl groups is 3. The molecule has 0 heterocycles. The van der Waals surface area contributed by atoms with Crippen LogP contribution in [0.2, 0.25) is 0 Å². The summed E-state index contributed by atoms with van der Waals surface area (Å²) in [5.74, 6) is 0.135.